The maximum Gasteiger partial charge on any atom is 0.246 e. The maximum absolute atomic E-state index is 13.4. The molecular formula is C13H15ClFNO. The number of carbonyl (C=O) groups is 1. The molecule has 0 atom stereocenters. The number of carbonyl (C=O) groups excluding carboxylic acids is 1. The van der Waals surface area contributed by atoms with Crippen molar-refractivity contribution in [2.75, 3.05) is 13.1 Å². The highest BCUT2D eigenvalue weighted by atomic mass is 35.5. The molecule has 0 saturated carbocycles. The SMILES string of the molecule is CCN(CC)C(=O)C=Cc1c(F)cccc1Cl. The molecule has 92 valence electrons. The molecular weight excluding hydrogens is 241 g/mol. The molecule has 0 saturated heterocycles. The molecule has 0 aliphatic heterocycles. The molecule has 0 N–H and O–H groups in total. The predicted molar refractivity (Wildman–Crippen MR) is 68.4 cm³/mol. The fourth-order valence-corrected chi connectivity index (χ4v) is 1.69. The van der Waals surface area contributed by atoms with Crippen LogP contribution in [0.15, 0.2) is 24.3 Å². The van der Waals surface area contributed by atoms with Crippen LogP contribution in [0.1, 0.15) is 19.4 Å². The van der Waals surface area contributed by atoms with Crippen LogP contribution < -0.4 is 0 Å². The van der Waals surface area contributed by atoms with Gasteiger partial charge in [0.15, 0.2) is 0 Å². The van der Waals surface area contributed by atoms with Gasteiger partial charge in [0.1, 0.15) is 5.82 Å². The Labute approximate surface area is 106 Å². The molecule has 0 heterocycles. The van der Waals surface area contributed by atoms with Gasteiger partial charge >= 0.3 is 0 Å². The molecule has 1 rings (SSSR count). The number of nitrogens with zero attached hydrogens (tertiary/aromatic N) is 1. The molecule has 0 radical (unpaired) electrons. The third-order valence-corrected chi connectivity index (χ3v) is 2.80. The Kier molecular flexibility index (Phi) is 5.16. The Morgan fingerprint density at radius 1 is 1.41 bits per heavy atom. The summed E-state index contributed by atoms with van der Waals surface area (Å²) in [6, 6.07) is 4.43. The van der Waals surface area contributed by atoms with Gasteiger partial charge in [-0.1, -0.05) is 17.7 Å². The summed E-state index contributed by atoms with van der Waals surface area (Å²) in [5.41, 5.74) is 0.245. The van der Waals surface area contributed by atoms with Crippen molar-refractivity contribution < 1.29 is 9.18 Å². The first-order valence-electron chi connectivity index (χ1n) is 5.51. The van der Waals surface area contributed by atoms with Crippen molar-refractivity contribution in [3.05, 3.63) is 40.7 Å². The van der Waals surface area contributed by atoms with E-state index < -0.39 is 5.82 Å². The predicted octanol–water partition coefficient (Wildman–Crippen LogP) is 3.36. The minimum Gasteiger partial charge on any atom is -0.340 e. The minimum atomic E-state index is -0.430. The van der Waals surface area contributed by atoms with E-state index in [-0.39, 0.29) is 11.5 Å². The Balaban J connectivity index is 2.87. The molecule has 0 aromatic heterocycles. The standard InChI is InChI=1S/C13H15ClFNO/c1-3-16(4-2)13(17)9-8-10-11(14)6-5-7-12(10)15/h5-9H,3-4H2,1-2H3. The van der Waals surface area contributed by atoms with Gasteiger partial charge in [0.25, 0.3) is 0 Å². The smallest absolute Gasteiger partial charge is 0.246 e. The molecule has 1 aromatic rings. The lowest BCUT2D eigenvalue weighted by Gasteiger charge is -2.15. The van der Waals surface area contributed by atoms with Crippen molar-refractivity contribution in [1.82, 2.24) is 4.90 Å². The van der Waals surface area contributed by atoms with Crippen molar-refractivity contribution in [3.8, 4) is 0 Å². The van der Waals surface area contributed by atoms with Crippen molar-refractivity contribution in [2.45, 2.75) is 13.8 Å². The molecule has 0 unspecified atom stereocenters. The average Bonchev–Trinajstić information content (AvgIpc) is 2.30. The van der Waals surface area contributed by atoms with Crippen LogP contribution in [0.2, 0.25) is 5.02 Å². The van der Waals surface area contributed by atoms with Gasteiger partial charge in [-0.3, -0.25) is 4.79 Å². The second-order valence-electron chi connectivity index (χ2n) is 3.48. The molecule has 0 bridgehead atoms. The monoisotopic (exact) mass is 255 g/mol. The molecule has 0 aliphatic carbocycles. The van der Waals surface area contributed by atoms with Crippen LogP contribution in [0.5, 0.6) is 0 Å². The van der Waals surface area contributed by atoms with Gasteiger partial charge in [0, 0.05) is 24.7 Å². The van der Waals surface area contributed by atoms with Gasteiger partial charge in [-0.05, 0) is 32.1 Å². The number of benzene rings is 1. The number of amides is 1. The van der Waals surface area contributed by atoms with Crippen molar-refractivity contribution in [3.63, 3.8) is 0 Å². The van der Waals surface area contributed by atoms with Gasteiger partial charge < -0.3 is 4.90 Å². The van der Waals surface area contributed by atoms with Crippen LogP contribution in [0, 0.1) is 5.82 Å². The second-order valence-corrected chi connectivity index (χ2v) is 3.89. The first-order chi connectivity index (χ1) is 8.10. The van der Waals surface area contributed by atoms with Crippen LogP contribution in [-0.4, -0.2) is 23.9 Å². The van der Waals surface area contributed by atoms with Crippen LogP contribution >= 0.6 is 11.6 Å². The van der Waals surface area contributed by atoms with Crippen LogP contribution in [0.4, 0.5) is 4.39 Å². The summed E-state index contributed by atoms with van der Waals surface area (Å²) in [4.78, 5) is 13.3. The molecule has 17 heavy (non-hydrogen) atoms. The number of likely N-dealkylation sites (N-methyl/N-ethyl adjacent to an activating group) is 1. The van der Waals surface area contributed by atoms with E-state index in [9.17, 15) is 9.18 Å². The van der Waals surface area contributed by atoms with Crippen LogP contribution in [0.3, 0.4) is 0 Å². The van der Waals surface area contributed by atoms with Gasteiger partial charge in [0.05, 0.1) is 5.02 Å². The summed E-state index contributed by atoms with van der Waals surface area (Å²) in [5.74, 6) is -0.574. The number of rotatable bonds is 4. The molecule has 1 aromatic carbocycles. The largest absolute Gasteiger partial charge is 0.340 e. The summed E-state index contributed by atoms with van der Waals surface area (Å²) in [6.45, 7) is 5.05. The topological polar surface area (TPSA) is 20.3 Å². The van der Waals surface area contributed by atoms with E-state index in [1.54, 1.807) is 11.0 Å². The normalized spacial score (nSPS) is 10.8. The first-order valence-corrected chi connectivity index (χ1v) is 5.89. The van der Waals surface area contributed by atoms with Gasteiger partial charge in [-0.2, -0.15) is 0 Å². The zero-order valence-corrected chi connectivity index (χ0v) is 10.7. The number of halogens is 2. The first kappa shape index (κ1) is 13.7. The number of hydrogen-bond acceptors (Lipinski definition) is 1. The lowest BCUT2D eigenvalue weighted by atomic mass is 10.2. The van der Waals surface area contributed by atoms with E-state index in [4.69, 9.17) is 11.6 Å². The quantitative estimate of drug-likeness (QED) is 0.756. The Bertz CT molecular complexity index is 407. The van der Waals surface area contributed by atoms with Gasteiger partial charge in [-0.25, -0.2) is 4.39 Å². The Hall–Kier alpha value is -1.35. The Morgan fingerprint density at radius 3 is 2.59 bits per heavy atom. The highest BCUT2D eigenvalue weighted by Crippen LogP contribution is 2.20. The van der Waals surface area contributed by atoms with E-state index in [0.29, 0.717) is 18.1 Å². The molecule has 0 spiro atoms. The zero-order chi connectivity index (χ0) is 12.8. The molecule has 1 amide bonds. The second kappa shape index (κ2) is 6.40. The van der Waals surface area contributed by atoms with Crippen LogP contribution in [-0.2, 0) is 4.79 Å². The molecule has 0 aliphatic rings. The summed E-state index contributed by atoms with van der Waals surface area (Å²) in [6.07, 6.45) is 2.76. The molecule has 0 fully saturated rings. The van der Waals surface area contributed by atoms with Crippen molar-refractivity contribution in [2.24, 2.45) is 0 Å². The lowest BCUT2D eigenvalue weighted by molar-refractivity contribution is -0.125. The minimum absolute atomic E-state index is 0.144. The molecule has 2 nitrogen and oxygen atoms in total. The fourth-order valence-electron chi connectivity index (χ4n) is 1.47. The van der Waals surface area contributed by atoms with Crippen LogP contribution in [0.25, 0.3) is 6.08 Å². The highest BCUT2D eigenvalue weighted by Gasteiger charge is 2.07. The third-order valence-electron chi connectivity index (χ3n) is 2.47. The fraction of sp³-hybridized carbons (Fsp3) is 0.308. The van der Waals surface area contributed by atoms with Crippen molar-refractivity contribution >= 4 is 23.6 Å². The van der Waals surface area contributed by atoms with E-state index in [2.05, 4.69) is 0 Å². The lowest BCUT2D eigenvalue weighted by Crippen LogP contribution is -2.28. The highest BCUT2D eigenvalue weighted by molar-refractivity contribution is 6.32. The maximum atomic E-state index is 13.4. The van der Waals surface area contributed by atoms with E-state index in [0.717, 1.165) is 0 Å². The Morgan fingerprint density at radius 2 is 2.06 bits per heavy atom. The summed E-state index contributed by atoms with van der Waals surface area (Å²) >= 11 is 5.84. The molecule has 4 heteroatoms. The summed E-state index contributed by atoms with van der Waals surface area (Å²) < 4.78 is 13.4. The van der Waals surface area contributed by atoms with Crippen molar-refractivity contribution in [1.29, 1.82) is 0 Å². The average molecular weight is 256 g/mol. The van der Waals surface area contributed by atoms with E-state index in [1.807, 2.05) is 13.8 Å². The van der Waals surface area contributed by atoms with E-state index in [1.165, 1.54) is 24.3 Å². The van der Waals surface area contributed by atoms with Gasteiger partial charge in [-0.15, -0.1) is 0 Å². The van der Waals surface area contributed by atoms with E-state index >= 15 is 0 Å². The number of hydrogen-bond donors (Lipinski definition) is 0. The summed E-state index contributed by atoms with van der Waals surface area (Å²) in [7, 11) is 0. The van der Waals surface area contributed by atoms with Gasteiger partial charge in [0.2, 0.25) is 5.91 Å². The summed E-state index contributed by atoms with van der Waals surface area (Å²) in [5, 5.41) is 0.300. The zero-order valence-electron chi connectivity index (χ0n) is 9.91. The third kappa shape index (κ3) is 3.56.